The van der Waals surface area contributed by atoms with Crippen molar-refractivity contribution in [1.29, 1.82) is 0 Å². The first kappa shape index (κ1) is 19.1. The van der Waals surface area contributed by atoms with Gasteiger partial charge < -0.3 is 10.6 Å². The fraction of sp³-hybridized carbons (Fsp3) is 0.375. The van der Waals surface area contributed by atoms with E-state index in [0.717, 1.165) is 19.4 Å². The van der Waals surface area contributed by atoms with Crippen molar-refractivity contribution in [2.24, 2.45) is 0 Å². The van der Waals surface area contributed by atoms with Gasteiger partial charge in [-0.1, -0.05) is 23.2 Å². The number of aromatic nitrogens is 2. The van der Waals surface area contributed by atoms with Crippen LogP contribution in [0.1, 0.15) is 30.1 Å². The monoisotopic (exact) mass is 388 g/mol. The number of hydrogen-bond donors (Lipinski definition) is 2. The molecule has 1 aliphatic rings. The maximum absolute atomic E-state index is 12.4. The normalized spacial score (nSPS) is 20.3. The summed E-state index contributed by atoms with van der Waals surface area (Å²) in [6.07, 6.45) is 5.09. The number of rotatable bonds is 3. The minimum atomic E-state index is -0.111. The lowest BCUT2D eigenvalue weighted by atomic mass is 10.0. The highest BCUT2D eigenvalue weighted by molar-refractivity contribution is 6.35. The number of carbonyl (C=O) groups is 1. The summed E-state index contributed by atoms with van der Waals surface area (Å²) in [5.41, 5.74) is 1.20. The Labute approximate surface area is 157 Å². The molecule has 0 radical (unpaired) electrons. The molecule has 24 heavy (non-hydrogen) atoms. The van der Waals surface area contributed by atoms with Crippen LogP contribution in [0, 0.1) is 0 Å². The Balaban J connectivity index is 0.00000208. The molecule has 0 spiro atoms. The summed E-state index contributed by atoms with van der Waals surface area (Å²) in [7, 11) is 0. The molecule has 1 aliphatic heterocycles. The topological polar surface area (TPSA) is 59.0 Å². The van der Waals surface area contributed by atoms with Gasteiger partial charge in [0.25, 0.3) is 5.91 Å². The van der Waals surface area contributed by atoms with Gasteiger partial charge in [-0.3, -0.25) is 4.79 Å². The zero-order valence-electron chi connectivity index (χ0n) is 13.1. The predicted octanol–water partition coefficient (Wildman–Crippen LogP) is 3.47. The fourth-order valence-corrected chi connectivity index (χ4v) is 3.27. The van der Waals surface area contributed by atoms with Crippen molar-refractivity contribution >= 4 is 41.5 Å². The summed E-state index contributed by atoms with van der Waals surface area (Å²) in [5, 5.41) is 11.7. The molecule has 2 unspecified atom stereocenters. The van der Waals surface area contributed by atoms with Gasteiger partial charge in [0.15, 0.2) is 0 Å². The Kier molecular flexibility index (Phi) is 6.52. The number of benzene rings is 1. The van der Waals surface area contributed by atoms with E-state index in [1.807, 2.05) is 0 Å². The van der Waals surface area contributed by atoms with E-state index in [4.69, 9.17) is 23.2 Å². The van der Waals surface area contributed by atoms with Crippen LogP contribution in [0.5, 0.6) is 0 Å². The lowest BCUT2D eigenvalue weighted by Crippen LogP contribution is -2.46. The fourth-order valence-electron chi connectivity index (χ4n) is 2.77. The van der Waals surface area contributed by atoms with Crippen LogP contribution in [0.4, 0.5) is 0 Å². The molecule has 3 rings (SSSR count). The van der Waals surface area contributed by atoms with E-state index in [0.29, 0.717) is 27.3 Å². The molecule has 2 atom stereocenters. The number of nitrogens with zero attached hydrogens (tertiary/aromatic N) is 2. The van der Waals surface area contributed by atoms with Gasteiger partial charge >= 0.3 is 0 Å². The molecule has 2 N–H and O–H groups in total. The minimum Gasteiger partial charge on any atom is -0.349 e. The molecular weight excluding hydrogens is 371 g/mol. The van der Waals surface area contributed by atoms with Crippen molar-refractivity contribution in [3.05, 3.63) is 46.2 Å². The lowest BCUT2D eigenvalue weighted by Gasteiger charge is -2.28. The van der Waals surface area contributed by atoms with E-state index < -0.39 is 0 Å². The Hall–Kier alpha value is -1.27. The number of piperidine rings is 1. The van der Waals surface area contributed by atoms with Crippen LogP contribution in [-0.2, 0) is 0 Å². The number of carbonyl (C=O) groups excluding carboxylic acids is 1. The van der Waals surface area contributed by atoms with Crippen molar-refractivity contribution in [2.75, 3.05) is 6.54 Å². The van der Waals surface area contributed by atoms with Crippen molar-refractivity contribution in [3.8, 4) is 5.69 Å². The van der Waals surface area contributed by atoms with Crippen LogP contribution in [0.3, 0.4) is 0 Å². The van der Waals surface area contributed by atoms with Gasteiger partial charge in [-0.05, 0) is 44.5 Å². The predicted molar refractivity (Wildman–Crippen MR) is 98.8 cm³/mol. The zero-order chi connectivity index (χ0) is 16.4. The van der Waals surface area contributed by atoms with Gasteiger partial charge in [-0.2, -0.15) is 5.10 Å². The Morgan fingerprint density at radius 2 is 2.21 bits per heavy atom. The van der Waals surface area contributed by atoms with E-state index in [9.17, 15) is 4.79 Å². The number of amides is 1. The van der Waals surface area contributed by atoms with E-state index in [1.165, 1.54) is 0 Å². The van der Waals surface area contributed by atoms with E-state index in [2.05, 4.69) is 22.7 Å². The smallest absolute Gasteiger partial charge is 0.254 e. The summed E-state index contributed by atoms with van der Waals surface area (Å²) in [6.45, 7) is 3.05. The molecule has 2 heterocycles. The summed E-state index contributed by atoms with van der Waals surface area (Å²) in [5.74, 6) is -0.111. The molecule has 130 valence electrons. The van der Waals surface area contributed by atoms with Crippen molar-refractivity contribution < 1.29 is 4.79 Å². The molecule has 0 aliphatic carbocycles. The maximum atomic E-state index is 12.4. The highest BCUT2D eigenvalue weighted by atomic mass is 35.5. The molecule has 1 amide bonds. The molecule has 0 saturated carbocycles. The van der Waals surface area contributed by atoms with Crippen molar-refractivity contribution in [1.82, 2.24) is 20.4 Å². The Morgan fingerprint density at radius 3 is 2.92 bits per heavy atom. The third kappa shape index (κ3) is 4.42. The molecule has 1 fully saturated rings. The summed E-state index contributed by atoms with van der Waals surface area (Å²) in [4.78, 5) is 12.4. The largest absolute Gasteiger partial charge is 0.349 e. The third-order valence-corrected chi connectivity index (χ3v) is 4.50. The van der Waals surface area contributed by atoms with Crippen LogP contribution < -0.4 is 10.6 Å². The van der Waals surface area contributed by atoms with Gasteiger partial charge in [0.2, 0.25) is 0 Å². The average molecular weight is 390 g/mol. The lowest BCUT2D eigenvalue weighted by molar-refractivity contribution is 0.0925. The third-order valence-electron chi connectivity index (χ3n) is 3.96. The summed E-state index contributed by atoms with van der Waals surface area (Å²) >= 11 is 12.1. The minimum absolute atomic E-state index is 0. The number of halogens is 3. The molecule has 1 aromatic carbocycles. The van der Waals surface area contributed by atoms with Gasteiger partial charge in [0, 0.05) is 23.3 Å². The van der Waals surface area contributed by atoms with E-state index >= 15 is 0 Å². The second-order valence-electron chi connectivity index (χ2n) is 5.82. The first-order valence-corrected chi connectivity index (χ1v) is 8.33. The van der Waals surface area contributed by atoms with E-state index in [1.54, 1.807) is 35.3 Å². The van der Waals surface area contributed by atoms with E-state index in [-0.39, 0.29) is 24.4 Å². The maximum Gasteiger partial charge on any atom is 0.254 e. The highest BCUT2D eigenvalue weighted by Crippen LogP contribution is 2.24. The van der Waals surface area contributed by atoms with Crippen LogP contribution in [0.2, 0.25) is 10.0 Å². The summed E-state index contributed by atoms with van der Waals surface area (Å²) in [6, 6.07) is 5.77. The molecule has 1 aromatic heterocycles. The molecule has 5 nitrogen and oxygen atoms in total. The van der Waals surface area contributed by atoms with Crippen molar-refractivity contribution in [2.45, 2.75) is 31.8 Å². The Morgan fingerprint density at radius 1 is 1.42 bits per heavy atom. The molecule has 2 aromatic rings. The highest BCUT2D eigenvalue weighted by Gasteiger charge is 2.21. The van der Waals surface area contributed by atoms with Crippen LogP contribution >= 0.6 is 35.6 Å². The molecule has 1 saturated heterocycles. The SMILES string of the molecule is CC1CC(NC(=O)c2cnn(-c3ccc(Cl)cc3Cl)c2)CCN1.Cl. The quantitative estimate of drug-likeness (QED) is 0.845. The Bertz CT molecular complexity index is 719. The second kappa shape index (κ2) is 8.21. The standard InChI is InChI=1S/C16H18Cl2N4O.ClH/c1-10-6-13(4-5-19-10)21-16(23)11-8-20-22(9-11)15-3-2-12(17)7-14(15)18;/h2-3,7-10,13,19H,4-6H2,1H3,(H,21,23);1H. The van der Waals surface area contributed by atoms with Gasteiger partial charge in [0.05, 0.1) is 22.5 Å². The number of nitrogens with one attached hydrogen (secondary N) is 2. The summed E-state index contributed by atoms with van der Waals surface area (Å²) < 4.78 is 1.58. The molecular formula is C16H19Cl3N4O. The molecule has 8 heteroatoms. The number of hydrogen-bond acceptors (Lipinski definition) is 3. The average Bonchev–Trinajstić information content (AvgIpc) is 2.97. The van der Waals surface area contributed by atoms with Crippen molar-refractivity contribution in [3.63, 3.8) is 0 Å². The van der Waals surface area contributed by atoms with Gasteiger partial charge in [0.1, 0.15) is 0 Å². The second-order valence-corrected chi connectivity index (χ2v) is 6.66. The van der Waals surface area contributed by atoms with Gasteiger partial charge in [-0.25, -0.2) is 4.68 Å². The van der Waals surface area contributed by atoms with Crippen LogP contribution in [0.25, 0.3) is 5.69 Å². The van der Waals surface area contributed by atoms with Crippen LogP contribution in [-0.4, -0.2) is 34.3 Å². The first-order valence-electron chi connectivity index (χ1n) is 7.57. The van der Waals surface area contributed by atoms with Gasteiger partial charge in [-0.15, -0.1) is 12.4 Å². The molecule has 0 bridgehead atoms. The van der Waals surface area contributed by atoms with Crippen LogP contribution in [0.15, 0.2) is 30.6 Å². The first-order chi connectivity index (χ1) is 11.0. The zero-order valence-corrected chi connectivity index (χ0v) is 15.5.